The molecule has 1 N–H and O–H groups in total. The van der Waals surface area contributed by atoms with E-state index in [4.69, 9.17) is 0 Å². The molecule has 1 aliphatic heterocycles. The van der Waals surface area contributed by atoms with E-state index < -0.39 is 11.9 Å². The van der Waals surface area contributed by atoms with Crippen LogP contribution >= 0.6 is 34.0 Å². The molecular formula is C89H80N4O3S3. The predicted octanol–water partition coefficient (Wildman–Crippen LogP) is 25.6. The van der Waals surface area contributed by atoms with Gasteiger partial charge in [0.25, 0.3) is 5.91 Å². The van der Waals surface area contributed by atoms with Gasteiger partial charge in [-0.2, -0.15) is 10.1 Å². The van der Waals surface area contributed by atoms with Crippen molar-refractivity contribution in [3.05, 3.63) is 287 Å². The first kappa shape index (κ1) is 65.0. The van der Waals surface area contributed by atoms with Crippen molar-refractivity contribution >= 4 is 97.5 Å². The molecule has 0 bridgehead atoms. The van der Waals surface area contributed by atoms with Crippen LogP contribution in [0.1, 0.15) is 132 Å². The molecule has 2 aliphatic carbocycles. The van der Waals surface area contributed by atoms with Gasteiger partial charge in [0.15, 0.2) is 5.71 Å². The Morgan fingerprint density at radius 1 is 0.414 bits per heavy atom. The molecular weight excluding hydrogens is 1270 g/mol. The number of carbonyl (C=O) groups excluding carboxylic acids is 1. The summed E-state index contributed by atoms with van der Waals surface area (Å²) in [5, 5.41) is 15.7. The summed E-state index contributed by atoms with van der Waals surface area (Å²) < 4.78 is 0. The molecule has 15 rings (SSSR count). The number of amides is 1. The van der Waals surface area contributed by atoms with Crippen LogP contribution in [0.5, 0.6) is 0 Å². The number of rotatable bonds is 25. The Morgan fingerprint density at radius 2 is 0.838 bits per heavy atom. The fourth-order valence-corrected chi connectivity index (χ4v) is 19.1. The standard InChI is InChI=1S/C89H80N4O3S3/c1-5-9-52-88(53-10-6-2)76-34-24-22-32-70(76)72-47-44-67(56-78(72)88)92(68-45-48-73-71-33-23-25-35-77(71)89(54-11-7-3,55-12-8-4)79(73)57-68)65-42-38-61(39-43-65)83-59-74(60-36-40-64(41-37-60)91(62-26-16-13-17-27-62)63-28-18-14-19-29-63)85(99-83)82-51-50-81(98-82)80-49-46-69(97-80)58-75-84(87(95)96)90-93(86(75)94)66-30-20-15-21-31-66/h13-51,56-59H,5-12,52-55H2,1-4H3,(H,95,96). The summed E-state index contributed by atoms with van der Waals surface area (Å²) in [5.41, 5.74) is 21.7. The number of benzene rings is 9. The fraction of sp³-hybridized carbons (Fsp3) is 0.202. The largest absolute Gasteiger partial charge is 0.476 e. The first-order chi connectivity index (χ1) is 48.6. The van der Waals surface area contributed by atoms with Crippen molar-refractivity contribution in [2.24, 2.45) is 5.10 Å². The molecule has 4 heterocycles. The number of hydrogen-bond acceptors (Lipinski definition) is 8. The Bertz CT molecular complexity index is 4810. The maximum absolute atomic E-state index is 13.8. The Labute approximate surface area is 594 Å². The number of thiophene rings is 3. The summed E-state index contributed by atoms with van der Waals surface area (Å²) in [6.07, 6.45) is 15.5. The number of hydrogen-bond donors (Lipinski definition) is 1. The number of para-hydroxylation sites is 3. The molecule has 0 saturated heterocycles. The molecule has 0 saturated carbocycles. The van der Waals surface area contributed by atoms with Gasteiger partial charge < -0.3 is 14.9 Å². The van der Waals surface area contributed by atoms with Gasteiger partial charge in [-0.25, -0.2) is 4.79 Å². The van der Waals surface area contributed by atoms with E-state index in [0.717, 1.165) is 115 Å². The van der Waals surface area contributed by atoms with Crippen molar-refractivity contribution in [3.63, 3.8) is 0 Å². The van der Waals surface area contributed by atoms with Gasteiger partial charge in [0.2, 0.25) is 0 Å². The van der Waals surface area contributed by atoms with Crippen molar-refractivity contribution in [1.82, 2.24) is 0 Å². The summed E-state index contributed by atoms with van der Waals surface area (Å²) in [5.74, 6) is -1.73. The smallest absolute Gasteiger partial charge is 0.357 e. The van der Waals surface area contributed by atoms with E-state index in [0.29, 0.717) is 5.69 Å². The highest BCUT2D eigenvalue weighted by Gasteiger charge is 2.45. The van der Waals surface area contributed by atoms with Crippen molar-refractivity contribution in [3.8, 4) is 63.3 Å². The number of carbonyl (C=O) groups is 2. The minimum absolute atomic E-state index is 0.0484. The summed E-state index contributed by atoms with van der Waals surface area (Å²) >= 11 is 5.08. The molecule has 3 aliphatic rings. The van der Waals surface area contributed by atoms with Crippen LogP contribution in [0.2, 0.25) is 0 Å². The molecule has 12 aromatic rings. The van der Waals surface area contributed by atoms with Crippen LogP contribution in [0, 0.1) is 0 Å². The zero-order valence-electron chi connectivity index (χ0n) is 56.6. The van der Waals surface area contributed by atoms with Crippen LogP contribution in [0.25, 0.3) is 69.4 Å². The fourth-order valence-electron chi connectivity index (χ4n) is 15.7. The number of anilines is 7. The second kappa shape index (κ2) is 28.1. The number of nitrogens with zero attached hydrogens (tertiary/aromatic N) is 4. The van der Waals surface area contributed by atoms with Gasteiger partial charge >= 0.3 is 5.97 Å². The molecule has 9 aromatic carbocycles. The third-order valence-electron chi connectivity index (χ3n) is 20.5. The highest BCUT2D eigenvalue weighted by atomic mass is 32.1. The van der Waals surface area contributed by atoms with Crippen molar-refractivity contribution in [2.75, 3.05) is 14.8 Å². The predicted molar refractivity (Wildman–Crippen MR) is 419 cm³/mol. The topological polar surface area (TPSA) is 76.5 Å². The Morgan fingerprint density at radius 3 is 1.35 bits per heavy atom. The second-order valence-electron chi connectivity index (χ2n) is 26.5. The highest BCUT2D eigenvalue weighted by molar-refractivity contribution is 7.27. The average Bonchev–Trinajstić information content (AvgIpc) is 1.57. The number of aliphatic carboxylic acids is 1. The van der Waals surface area contributed by atoms with E-state index >= 15 is 0 Å². The van der Waals surface area contributed by atoms with Crippen LogP contribution in [0.15, 0.2) is 265 Å². The Kier molecular flexibility index (Phi) is 18.4. The van der Waals surface area contributed by atoms with Crippen molar-refractivity contribution < 1.29 is 14.7 Å². The lowest BCUT2D eigenvalue weighted by atomic mass is 9.70. The van der Waals surface area contributed by atoms with Crippen LogP contribution in [-0.2, 0) is 20.4 Å². The first-order valence-corrected chi connectivity index (χ1v) is 37.7. The van der Waals surface area contributed by atoms with Gasteiger partial charge in [-0.05, 0) is 203 Å². The van der Waals surface area contributed by atoms with E-state index in [1.54, 1.807) is 41.7 Å². The highest BCUT2D eigenvalue weighted by Crippen LogP contribution is 2.59. The zero-order chi connectivity index (χ0) is 67.6. The van der Waals surface area contributed by atoms with Gasteiger partial charge in [-0.3, -0.25) is 4.79 Å². The maximum atomic E-state index is 13.8. The van der Waals surface area contributed by atoms with E-state index in [9.17, 15) is 14.7 Å². The Balaban J connectivity index is 0.840. The quantitative estimate of drug-likeness (QED) is 0.0577. The van der Waals surface area contributed by atoms with Gasteiger partial charge in [0, 0.05) is 74.9 Å². The molecule has 0 fully saturated rings. The third kappa shape index (κ3) is 12.1. The number of hydrazone groups is 1. The molecule has 0 radical (unpaired) electrons. The molecule has 10 heteroatoms. The lowest BCUT2D eigenvalue weighted by molar-refractivity contribution is -0.129. The molecule has 99 heavy (non-hydrogen) atoms. The number of unbranched alkanes of at least 4 members (excludes halogenated alkanes) is 4. The van der Waals surface area contributed by atoms with Gasteiger partial charge in [-0.15, -0.1) is 34.0 Å². The van der Waals surface area contributed by atoms with Gasteiger partial charge in [0.1, 0.15) is 0 Å². The normalized spacial score (nSPS) is 14.3. The van der Waals surface area contributed by atoms with Crippen molar-refractivity contribution in [1.29, 1.82) is 0 Å². The van der Waals surface area contributed by atoms with Crippen LogP contribution in [0.3, 0.4) is 0 Å². The number of carboxylic acids is 1. The lowest BCUT2D eigenvalue weighted by Crippen LogP contribution is -2.26. The minimum Gasteiger partial charge on any atom is -0.476 e. The second-order valence-corrected chi connectivity index (χ2v) is 29.8. The molecule has 3 aromatic heterocycles. The minimum atomic E-state index is -1.25. The molecule has 7 nitrogen and oxygen atoms in total. The Hall–Kier alpha value is -9.97. The summed E-state index contributed by atoms with van der Waals surface area (Å²) in [6.45, 7) is 9.36. The van der Waals surface area contributed by atoms with E-state index in [2.05, 4.69) is 261 Å². The van der Waals surface area contributed by atoms with Crippen LogP contribution < -0.4 is 14.8 Å². The SMILES string of the molecule is CCCCC1(CCCC)c2ccccc2-c2ccc(N(c3ccc(-c4cc(-c5ccc(N(c6ccccc6)c6ccccc6)cc5)c(-c5ccc(-c6ccc(C=C7C(=O)N(c8ccccc8)N=C7C(=O)O)s6)s5)s4)cc3)c3ccc4c(c3)C(CCCC)(CCCC)c3ccccc3-4)cc21. The molecule has 1 amide bonds. The number of fused-ring (bicyclic) bond motifs is 6. The van der Waals surface area contributed by atoms with Crippen molar-refractivity contribution in [2.45, 2.75) is 116 Å². The molecule has 492 valence electrons. The van der Waals surface area contributed by atoms with Crippen LogP contribution in [0.4, 0.5) is 39.8 Å². The van der Waals surface area contributed by atoms with Gasteiger partial charge in [-0.1, -0.05) is 219 Å². The molecule has 0 spiro atoms. The van der Waals surface area contributed by atoms with E-state index in [1.165, 1.54) is 103 Å². The summed E-state index contributed by atoms with van der Waals surface area (Å²) in [7, 11) is 0. The number of carboxylic acid groups (broad SMARTS) is 1. The average molecular weight is 1350 g/mol. The van der Waals surface area contributed by atoms with E-state index in [-0.39, 0.29) is 22.1 Å². The summed E-state index contributed by atoms with van der Waals surface area (Å²) in [4.78, 5) is 37.5. The van der Waals surface area contributed by atoms with Crippen LogP contribution in [-0.4, -0.2) is 22.7 Å². The lowest BCUT2D eigenvalue weighted by Gasteiger charge is -2.35. The summed E-state index contributed by atoms with van der Waals surface area (Å²) in [6, 6.07) is 92.6. The maximum Gasteiger partial charge on any atom is 0.357 e. The van der Waals surface area contributed by atoms with Gasteiger partial charge in [0.05, 0.1) is 16.1 Å². The monoisotopic (exact) mass is 1350 g/mol. The third-order valence-corrected chi connectivity index (χ3v) is 24.2. The first-order valence-electron chi connectivity index (χ1n) is 35.3. The zero-order valence-corrected chi connectivity index (χ0v) is 59.0. The molecule has 0 unspecified atom stereocenters. The van der Waals surface area contributed by atoms with E-state index in [1.807, 2.05) is 23.5 Å². The molecule has 0 atom stereocenters.